The van der Waals surface area contributed by atoms with Gasteiger partial charge < -0.3 is 15.1 Å². The van der Waals surface area contributed by atoms with Crippen molar-refractivity contribution in [3.05, 3.63) is 34.4 Å². The molecule has 19 heavy (non-hydrogen) atoms. The molecule has 0 spiro atoms. The zero-order valence-electron chi connectivity index (χ0n) is 11.0. The van der Waals surface area contributed by atoms with Gasteiger partial charge in [0, 0.05) is 13.1 Å². The minimum Gasteiger partial charge on any atom is -0.478 e. The topological polar surface area (TPSA) is 77.8 Å². The first kappa shape index (κ1) is 13.5. The Morgan fingerprint density at radius 3 is 2.26 bits per heavy atom. The first-order valence-electron chi connectivity index (χ1n) is 6.22. The lowest BCUT2D eigenvalue weighted by molar-refractivity contribution is 0.0676. The molecule has 0 unspecified atom stereocenters. The van der Waals surface area contributed by atoms with Crippen molar-refractivity contribution in [1.29, 1.82) is 0 Å². The molecule has 0 bridgehead atoms. The van der Waals surface area contributed by atoms with Gasteiger partial charge in [-0.2, -0.15) is 0 Å². The standard InChI is InChI=1S/C14H17NO4/c1-8-3-4-9(2)12(14(18)19)11(8)13(17)15-6-5-10(16)7-15/h3-4,10,16H,5-7H2,1-2H3,(H,18,19)/t10-/m0/s1. The number of rotatable bonds is 2. The van der Waals surface area contributed by atoms with Crippen LogP contribution in [0.3, 0.4) is 0 Å². The molecule has 1 aromatic rings. The molecule has 2 rings (SSSR count). The van der Waals surface area contributed by atoms with Gasteiger partial charge in [0.1, 0.15) is 0 Å². The number of hydrogen-bond acceptors (Lipinski definition) is 3. The number of aliphatic hydroxyl groups is 1. The van der Waals surface area contributed by atoms with E-state index < -0.39 is 12.1 Å². The zero-order chi connectivity index (χ0) is 14.2. The van der Waals surface area contributed by atoms with Gasteiger partial charge in [-0.1, -0.05) is 12.1 Å². The highest BCUT2D eigenvalue weighted by molar-refractivity contribution is 6.06. The average Bonchev–Trinajstić information content (AvgIpc) is 2.77. The first-order valence-corrected chi connectivity index (χ1v) is 6.22. The number of benzene rings is 1. The summed E-state index contributed by atoms with van der Waals surface area (Å²) in [6.07, 6.45) is 0.0290. The van der Waals surface area contributed by atoms with Crippen LogP contribution in [0, 0.1) is 13.8 Å². The molecule has 5 heteroatoms. The van der Waals surface area contributed by atoms with Crippen LogP contribution in [0.25, 0.3) is 0 Å². The van der Waals surface area contributed by atoms with Crippen molar-refractivity contribution >= 4 is 11.9 Å². The summed E-state index contributed by atoms with van der Waals surface area (Å²) in [7, 11) is 0. The summed E-state index contributed by atoms with van der Waals surface area (Å²) in [6.45, 7) is 4.14. The van der Waals surface area contributed by atoms with Crippen molar-refractivity contribution in [2.24, 2.45) is 0 Å². The molecule has 0 aliphatic carbocycles. The molecule has 2 N–H and O–H groups in total. The van der Waals surface area contributed by atoms with Gasteiger partial charge in [0.05, 0.1) is 17.2 Å². The molecule has 1 aliphatic heterocycles. The third-order valence-corrected chi connectivity index (χ3v) is 3.50. The Bertz CT molecular complexity index is 538. The largest absolute Gasteiger partial charge is 0.478 e. The van der Waals surface area contributed by atoms with Crippen LogP contribution in [0.15, 0.2) is 12.1 Å². The smallest absolute Gasteiger partial charge is 0.336 e. The number of β-amino-alcohol motifs (C(OH)–C–C–N with tert-alkyl or cyclic N) is 1. The van der Waals surface area contributed by atoms with E-state index in [2.05, 4.69) is 0 Å². The molecule has 1 saturated heterocycles. The van der Waals surface area contributed by atoms with Crippen LogP contribution in [0.5, 0.6) is 0 Å². The maximum atomic E-state index is 12.4. The Morgan fingerprint density at radius 1 is 1.21 bits per heavy atom. The number of amides is 1. The number of aliphatic hydroxyl groups excluding tert-OH is 1. The third kappa shape index (κ3) is 2.46. The number of likely N-dealkylation sites (tertiary alicyclic amines) is 1. The molecule has 102 valence electrons. The number of carboxylic acid groups (broad SMARTS) is 1. The molecule has 1 fully saturated rings. The van der Waals surface area contributed by atoms with Gasteiger partial charge in [-0.05, 0) is 31.4 Å². The van der Waals surface area contributed by atoms with E-state index in [0.717, 1.165) is 0 Å². The van der Waals surface area contributed by atoms with Gasteiger partial charge in [0.2, 0.25) is 0 Å². The van der Waals surface area contributed by atoms with Crippen molar-refractivity contribution < 1.29 is 19.8 Å². The molecule has 1 aliphatic rings. The minimum atomic E-state index is -1.09. The van der Waals surface area contributed by atoms with Crippen LogP contribution >= 0.6 is 0 Å². The second kappa shape index (κ2) is 5.01. The summed E-state index contributed by atoms with van der Waals surface area (Å²) in [5.74, 6) is -1.40. The highest BCUT2D eigenvalue weighted by Gasteiger charge is 2.29. The van der Waals surface area contributed by atoms with E-state index in [1.54, 1.807) is 26.0 Å². The van der Waals surface area contributed by atoms with Crippen LogP contribution in [0.2, 0.25) is 0 Å². The normalized spacial score (nSPS) is 18.7. The molecular formula is C14H17NO4. The Kier molecular flexibility index (Phi) is 3.57. The predicted octanol–water partition coefficient (Wildman–Crippen LogP) is 1.21. The zero-order valence-corrected chi connectivity index (χ0v) is 11.0. The molecule has 1 heterocycles. The summed E-state index contributed by atoms with van der Waals surface area (Å²) in [6, 6.07) is 3.45. The molecule has 0 aromatic heterocycles. The van der Waals surface area contributed by atoms with E-state index >= 15 is 0 Å². The molecule has 0 saturated carbocycles. The lowest BCUT2D eigenvalue weighted by atomic mass is 9.96. The lowest BCUT2D eigenvalue weighted by Crippen LogP contribution is -2.31. The number of aromatic carboxylic acids is 1. The number of carbonyl (C=O) groups is 2. The first-order chi connectivity index (χ1) is 8.91. The number of hydrogen-bond donors (Lipinski definition) is 2. The van der Waals surface area contributed by atoms with Crippen molar-refractivity contribution in [3.63, 3.8) is 0 Å². The van der Waals surface area contributed by atoms with E-state index in [-0.39, 0.29) is 23.6 Å². The monoisotopic (exact) mass is 263 g/mol. The van der Waals surface area contributed by atoms with Crippen LogP contribution in [-0.2, 0) is 0 Å². The molecular weight excluding hydrogens is 246 g/mol. The fraction of sp³-hybridized carbons (Fsp3) is 0.429. The second-order valence-electron chi connectivity index (χ2n) is 4.95. The van der Waals surface area contributed by atoms with Crippen molar-refractivity contribution in [1.82, 2.24) is 4.90 Å². The van der Waals surface area contributed by atoms with E-state index in [0.29, 0.717) is 24.1 Å². The summed E-state index contributed by atoms with van der Waals surface area (Å²) in [5, 5.41) is 18.8. The molecule has 1 aromatic carbocycles. The third-order valence-electron chi connectivity index (χ3n) is 3.50. The predicted molar refractivity (Wildman–Crippen MR) is 69.4 cm³/mol. The van der Waals surface area contributed by atoms with Gasteiger partial charge in [-0.15, -0.1) is 0 Å². The highest BCUT2D eigenvalue weighted by Crippen LogP contribution is 2.22. The summed E-state index contributed by atoms with van der Waals surface area (Å²) in [4.78, 5) is 25.3. The molecule has 5 nitrogen and oxygen atoms in total. The van der Waals surface area contributed by atoms with Crippen LogP contribution in [0.4, 0.5) is 0 Å². The SMILES string of the molecule is Cc1ccc(C)c(C(=O)N2CC[C@H](O)C2)c1C(=O)O. The fourth-order valence-electron chi connectivity index (χ4n) is 2.45. The maximum absolute atomic E-state index is 12.4. The van der Waals surface area contributed by atoms with Crippen molar-refractivity contribution in [2.45, 2.75) is 26.4 Å². The number of carbonyl (C=O) groups excluding carboxylic acids is 1. The van der Waals surface area contributed by atoms with Crippen molar-refractivity contribution in [3.8, 4) is 0 Å². The fourth-order valence-corrected chi connectivity index (χ4v) is 2.45. The summed E-state index contributed by atoms with van der Waals surface area (Å²) in [5.41, 5.74) is 1.52. The van der Waals surface area contributed by atoms with Gasteiger partial charge in [0.25, 0.3) is 5.91 Å². The Balaban J connectivity index is 2.46. The lowest BCUT2D eigenvalue weighted by Gasteiger charge is -2.19. The van der Waals surface area contributed by atoms with Crippen molar-refractivity contribution in [2.75, 3.05) is 13.1 Å². The number of nitrogens with zero attached hydrogens (tertiary/aromatic N) is 1. The summed E-state index contributed by atoms with van der Waals surface area (Å²) >= 11 is 0. The highest BCUT2D eigenvalue weighted by atomic mass is 16.4. The van der Waals surface area contributed by atoms with Crippen LogP contribution < -0.4 is 0 Å². The van der Waals surface area contributed by atoms with E-state index in [4.69, 9.17) is 0 Å². The van der Waals surface area contributed by atoms with E-state index in [1.165, 1.54) is 4.90 Å². The van der Waals surface area contributed by atoms with Crippen LogP contribution in [0.1, 0.15) is 38.3 Å². The Hall–Kier alpha value is -1.88. The molecule has 0 radical (unpaired) electrons. The second-order valence-corrected chi connectivity index (χ2v) is 4.95. The van der Waals surface area contributed by atoms with Gasteiger partial charge >= 0.3 is 5.97 Å². The van der Waals surface area contributed by atoms with Crippen LogP contribution in [-0.4, -0.2) is 46.2 Å². The number of carboxylic acids is 1. The van der Waals surface area contributed by atoms with E-state index in [1.807, 2.05) is 0 Å². The quantitative estimate of drug-likeness (QED) is 0.840. The van der Waals surface area contributed by atoms with Gasteiger partial charge in [0.15, 0.2) is 0 Å². The number of aryl methyl sites for hydroxylation is 2. The van der Waals surface area contributed by atoms with Gasteiger partial charge in [-0.3, -0.25) is 4.79 Å². The summed E-state index contributed by atoms with van der Waals surface area (Å²) < 4.78 is 0. The minimum absolute atomic E-state index is 0.0615. The maximum Gasteiger partial charge on any atom is 0.336 e. The Morgan fingerprint density at radius 2 is 1.79 bits per heavy atom. The average molecular weight is 263 g/mol. The van der Waals surface area contributed by atoms with E-state index in [9.17, 15) is 19.8 Å². The molecule has 1 atom stereocenters. The Labute approximate surface area is 111 Å². The van der Waals surface area contributed by atoms with Gasteiger partial charge in [-0.25, -0.2) is 4.79 Å². The molecule has 1 amide bonds.